The van der Waals surface area contributed by atoms with Crippen molar-refractivity contribution in [3.05, 3.63) is 29.8 Å². The molecule has 2 heteroatoms. The molecule has 0 aliphatic rings. The Balaban J connectivity index is 2.25. The molecule has 0 bridgehead atoms. The van der Waals surface area contributed by atoms with Crippen molar-refractivity contribution < 1.29 is 4.79 Å². The zero-order chi connectivity index (χ0) is 15.7. The van der Waals surface area contributed by atoms with Crippen molar-refractivity contribution >= 4 is 11.6 Å². The first-order valence-corrected chi connectivity index (χ1v) is 8.36. The lowest BCUT2D eigenvalue weighted by atomic mass is 10.0. The van der Waals surface area contributed by atoms with Crippen molar-refractivity contribution in [3.63, 3.8) is 0 Å². The molecule has 1 N–H and O–H groups in total. The smallest absolute Gasteiger partial charge is 0.224 e. The van der Waals surface area contributed by atoms with Gasteiger partial charge in [0.25, 0.3) is 0 Å². The molecule has 1 aromatic rings. The third-order valence-electron chi connectivity index (χ3n) is 3.57. The number of amides is 1. The van der Waals surface area contributed by atoms with Crippen molar-refractivity contribution in [1.29, 1.82) is 0 Å². The van der Waals surface area contributed by atoms with E-state index in [1.54, 1.807) is 0 Å². The highest BCUT2D eigenvalue weighted by Crippen LogP contribution is 2.14. The molecule has 0 atom stereocenters. The lowest BCUT2D eigenvalue weighted by Crippen LogP contribution is -2.11. The van der Waals surface area contributed by atoms with Gasteiger partial charge in [-0.2, -0.15) is 0 Å². The van der Waals surface area contributed by atoms with Crippen molar-refractivity contribution in [1.82, 2.24) is 0 Å². The van der Waals surface area contributed by atoms with Crippen LogP contribution in [0, 0.1) is 11.8 Å². The summed E-state index contributed by atoms with van der Waals surface area (Å²) >= 11 is 0. The fourth-order valence-electron chi connectivity index (χ4n) is 2.43. The summed E-state index contributed by atoms with van der Waals surface area (Å²) in [5, 5.41) is 2.98. The van der Waals surface area contributed by atoms with Crippen molar-refractivity contribution in [3.8, 4) is 0 Å². The van der Waals surface area contributed by atoms with Crippen LogP contribution in [-0.4, -0.2) is 5.91 Å². The summed E-state index contributed by atoms with van der Waals surface area (Å²) in [6, 6.07) is 8.24. The van der Waals surface area contributed by atoms with Gasteiger partial charge in [0.15, 0.2) is 0 Å². The number of nitrogens with one attached hydrogen (secondary N) is 1. The summed E-state index contributed by atoms with van der Waals surface area (Å²) in [4.78, 5) is 11.9. The number of unbranched alkanes of at least 4 members (excludes halogenated alkanes) is 2. The van der Waals surface area contributed by atoms with E-state index in [2.05, 4.69) is 45.1 Å². The van der Waals surface area contributed by atoms with Crippen LogP contribution in [0.1, 0.15) is 65.4 Å². The third-order valence-corrected chi connectivity index (χ3v) is 3.57. The lowest BCUT2D eigenvalue weighted by molar-refractivity contribution is -0.116. The minimum Gasteiger partial charge on any atom is -0.326 e. The van der Waals surface area contributed by atoms with Gasteiger partial charge >= 0.3 is 0 Å². The van der Waals surface area contributed by atoms with E-state index in [1.807, 2.05) is 12.1 Å². The first kappa shape index (κ1) is 17.7. The summed E-state index contributed by atoms with van der Waals surface area (Å²) in [5.41, 5.74) is 2.24. The Bertz CT molecular complexity index is 406. The van der Waals surface area contributed by atoms with Gasteiger partial charge in [0.05, 0.1) is 0 Å². The molecule has 0 saturated heterocycles. The van der Waals surface area contributed by atoms with E-state index in [0.717, 1.165) is 30.9 Å². The maximum atomic E-state index is 11.9. The van der Waals surface area contributed by atoms with Crippen LogP contribution in [0.2, 0.25) is 0 Å². The monoisotopic (exact) mass is 289 g/mol. The highest BCUT2D eigenvalue weighted by atomic mass is 16.1. The molecule has 1 rings (SSSR count). The number of hydrogen-bond donors (Lipinski definition) is 1. The molecule has 0 aliphatic carbocycles. The van der Waals surface area contributed by atoms with Gasteiger partial charge in [-0.15, -0.1) is 0 Å². The largest absolute Gasteiger partial charge is 0.326 e. The van der Waals surface area contributed by atoms with Gasteiger partial charge in [-0.1, -0.05) is 59.1 Å². The molecule has 0 saturated carbocycles. The first-order chi connectivity index (χ1) is 9.97. The van der Waals surface area contributed by atoms with E-state index in [1.165, 1.54) is 18.4 Å². The molecule has 0 aromatic heterocycles. The Morgan fingerprint density at radius 2 is 1.62 bits per heavy atom. The van der Waals surface area contributed by atoms with E-state index >= 15 is 0 Å². The highest BCUT2D eigenvalue weighted by molar-refractivity contribution is 5.90. The van der Waals surface area contributed by atoms with Gasteiger partial charge in [-0.3, -0.25) is 4.79 Å². The summed E-state index contributed by atoms with van der Waals surface area (Å²) in [5.74, 6) is 1.57. The van der Waals surface area contributed by atoms with Gasteiger partial charge in [0, 0.05) is 12.1 Å². The second kappa shape index (κ2) is 9.59. The summed E-state index contributed by atoms with van der Waals surface area (Å²) in [7, 11) is 0. The lowest BCUT2D eigenvalue weighted by Gasteiger charge is -2.08. The molecule has 0 spiro atoms. The quantitative estimate of drug-likeness (QED) is 0.603. The molecule has 0 fully saturated rings. The molecular formula is C19H31NO. The normalized spacial score (nSPS) is 11.1. The molecule has 2 nitrogen and oxygen atoms in total. The maximum absolute atomic E-state index is 11.9. The van der Waals surface area contributed by atoms with Gasteiger partial charge in [-0.05, 0) is 42.4 Å². The van der Waals surface area contributed by atoms with Gasteiger partial charge in [0.1, 0.15) is 0 Å². The fraction of sp³-hybridized carbons (Fsp3) is 0.632. The molecule has 0 aliphatic heterocycles. The van der Waals surface area contributed by atoms with Crippen molar-refractivity contribution in [2.24, 2.45) is 11.8 Å². The summed E-state index contributed by atoms with van der Waals surface area (Å²) < 4.78 is 0. The molecular weight excluding hydrogens is 258 g/mol. The average molecular weight is 289 g/mol. The number of rotatable bonds is 9. The average Bonchev–Trinajstić information content (AvgIpc) is 2.39. The van der Waals surface area contributed by atoms with Crippen LogP contribution < -0.4 is 5.32 Å². The Kier molecular flexibility index (Phi) is 8.11. The van der Waals surface area contributed by atoms with E-state index in [-0.39, 0.29) is 5.91 Å². The SMILES string of the molecule is CC(C)CCCCCC(=O)Nc1ccc(CC(C)C)cc1. The molecule has 1 aromatic carbocycles. The second-order valence-corrected chi connectivity index (χ2v) is 6.84. The highest BCUT2D eigenvalue weighted by Gasteiger charge is 2.03. The third kappa shape index (κ3) is 8.54. The number of carbonyl (C=O) groups excluding carboxylic acids is 1. The van der Waals surface area contributed by atoms with E-state index in [9.17, 15) is 4.79 Å². The van der Waals surface area contributed by atoms with Gasteiger partial charge in [-0.25, -0.2) is 0 Å². The van der Waals surface area contributed by atoms with Crippen molar-refractivity contribution in [2.45, 2.75) is 66.2 Å². The van der Waals surface area contributed by atoms with Crippen LogP contribution in [0.25, 0.3) is 0 Å². The molecule has 21 heavy (non-hydrogen) atoms. The molecule has 1 amide bonds. The van der Waals surface area contributed by atoms with Crippen LogP contribution in [0.4, 0.5) is 5.69 Å². The van der Waals surface area contributed by atoms with Crippen LogP contribution in [0.15, 0.2) is 24.3 Å². The van der Waals surface area contributed by atoms with Gasteiger partial charge < -0.3 is 5.32 Å². The predicted octanol–water partition coefficient (Wildman–Crippen LogP) is 5.43. The first-order valence-electron chi connectivity index (χ1n) is 8.36. The zero-order valence-corrected chi connectivity index (χ0v) is 14.1. The number of benzene rings is 1. The minimum atomic E-state index is 0.135. The zero-order valence-electron chi connectivity index (χ0n) is 14.1. The number of anilines is 1. The van der Waals surface area contributed by atoms with Gasteiger partial charge in [0.2, 0.25) is 5.91 Å². The number of carbonyl (C=O) groups is 1. The second-order valence-electron chi connectivity index (χ2n) is 6.84. The van der Waals surface area contributed by atoms with Crippen molar-refractivity contribution in [2.75, 3.05) is 5.32 Å². The Morgan fingerprint density at radius 3 is 2.19 bits per heavy atom. The molecule has 0 unspecified atom stereocenters. The van der Waals surface area contributed by atoms with E-state index in [4.69, 9.17) is 0 Å². The Labute approximate surface area is 130 Å². The van der Waals surface area contributed by atoms with Crippen LogP contribution in [0.5, 0.6) is 0 Å². The van der Waals surface area contributed by atoms with Crippen LogP contribution in [-0.2, 0) is 11.2 Å². The standard InChI is InChI=1S/C19H31NO/c1-15(2)8-6-5-7-9-19(21)20-18-12-10-17(11-13-18)14-16(3)4/h10-13,15-16H,5-9,14H2,1-4H3,(H,20,21). The molecule has 0 radical (unpaired) electrons. The molecule has 0 heterocycles. The summed E-state index contributed by atoms with van der Waals surface area (Å²) in [6.45, 7) is 8.93. The maximum Gasteiger partial charge on any atom is 0.224 e. The fourth-order valence-corrected chi connectivity index (χ4v) is 2.43. The Morgan fingerprint density at radius 1 is 0.952 bits per heavy atom. The van der Waals surface area contributed by atoms with Crippen LogP contribution in [0.3, 0.4) is 0 Å². The van der Waals surface area contributed by atoms with E-state index < -0.39 is 0 Å². The number of hydrogen-bond acceptors (Lipinski definition) is 1. The predicted molar refractivity (Wildman–Crippen MR) is 91.5 cm³/mol. The topological polar surface area (TPSA) is 29.1 Å². The molecule has 118 valence electrons. The Hall–Kier alpha value is -1.31. The summed E-state index contributed by atoms with van der Waals surface area (Å²) in [6.07, 6.45) is 6.35. The van der Waals surface area contributed by atoms with Crippen LogP contribution >= 0.6 is 0 Å². The minimum absolute atomic E-state index is 0.135. The van der Waals surface area contributed by atoms with E-state index in [0.29, 0.717) is 12.3 Å².